The standard InChI is InChI=1S/C28H45FO2/c1-6-28(31)16-15-26(4)19(17-28)7-8-20-21-9-10-23(27(21,5)14-13-22(20)26)24(29)11-12-25(30)18(2)3/h18-22,31H,6-17H2,1-5H3/b24-23-/t19-,20-,21-,22-,26-,27-,28-/m0/s1. The summed E-state index contributed by atoms with van der Waals surface area (Å²) in [5, 5.41) is 11.0. The minimum Gasteiger partial charge on any atom is -0.390 e. The molecule has 4 saturated carbocycles. The number of halogens is 1. The number of carbonyl (C=O) groups excluding carboxylic acids is 1. The van der Waals surface area contributed by atoms with E-state index in [2.05, 4.69) is 20.8 Å². The van der Waals surface area contributed by atoms with Gasteiger partial charge in [-0.2, -0.15) is 0 Å². The summed E-state index contributed by atoms with van der Waals surface area (Å²) >= 11 is 0. The number of ketones is 1. The molecule has 0 heterocycles. The van der Waals surface area contributed by atoms with E-state index in [4.69, 9.17) is 0 Å². The van der Waals surface area contributed by atoms with Gasteiger partial charge in [0.15, 0.2) is 0 Å². The van der Waals surface area contributed by atoms with Crippen LogP contribution in [0.25, 0.3) is 0 Å². The Morgan fingerprint density at radius 1 is 1.06 bits per heavy atom. The third-order valence-corrected chi connectivity index (χ3v) is 10.8. The largest absolute Gasteiger partial charge is 0.390 e. The molecule has 176 valence electrons. The van der Waals surface area contributed by atoms with E-state index in [0.717, 1.165) is 56.4 Å². The smallest absolute Gasteiger partial charge is 0.135 e. The van der Waals surface area contributed by atoms with E-state index in [0.29, 0.717) is 36.0 Å². The highest BCUT2D eigenvalue weighted by molar-refractivity contribution is 5.80. The normalized spacial score (nSPS) is 46.3. The average Bonchev–Trinajstić information content (AvgIpc) is 3.09. The van der Waals surface area contributed by atoms with E-state index < -0.39 is 5.60 Å². The first-order valence-corrected chi connectivity index (χ1v) is 13.2. The molecule has 2 nitrogen and oxygen atoms in total. The Morgan fingerprint density at radius 2 is 1.81 bits per heavy atom. The van der Waals surface area contributed by atoms with Crippen molar-refractivity contribution in [1.29, 1.82) is 0 Å². The lowest BCUT2D eigenvalue weighted by atomic mass is 9.44. The molecule has 4 aliphatic rings. The molecule has 4 aliphatic carbocycles. The van der Waals surface area contributed by atoms with E-state index in [1.807, 2.05) is 13.8 Å². The van der Waals surface area contributed by atoms with E-state index in [1.165, 1.54) is 19.3 Å². The molecule has 4 fully saturated rings. The zero-order chi connectivity index (χ0) is 22.6. The SMILES string of the molecule is CC[C@]1(O)CC[C@@]2(C)[C@@H](CC[C@@H]3[C@@H]2CC[C@]2(C)/C(=C(\F)CCC(=O)C(C)C)CC[C@@H]32)C1. The first kappa shape index (κ1) is 23.5. The van der Waals surface area contributed by atoms with Crippen LogP contribution in [-0.2, 0) is 4.79 Å². The van der Waals surface area contributed by atoms with Gasteiger partial charge in [0.1, 0.15) is 11.6 Å². The van der Waals surface area contributed by atoms with Crippen LogP contribution >= 0.6 is 0 Å². The van der Waals surface area contributed by atoms with Crippen molar-refractivity contribution in [2.45, 2.75) is 117 Å². The number of carbonyl (C=O) groups is 1. The van der Waals surface area contributed by atoms with Crippen molar-refractivity contribution >= 4 is 5.78 Å². The van der Waals surface area contributed by atoms with Gasteiger partial charge in [0.05, 0.1) is 5.60 Å². The Hall–Kier alpha value is -0.700. The predicted octanol–water partition coefficient (Wildman–Crippen LogP) is 7.40. The third kappa shape index (κ3) is 3.85. The summed E-state index contributed by atoms with van der Waals surface area (Å²) in [4.78, 5) is 12.0. The summed E-state index contributed by atoms with van der Waals surface area (Å²) in [6.07, 6.45) is 11.4. The monoisotopic (exact) mass is 432 g/mol. The van der Waals surface area contributed by atoms with Crippen molar-refractivity contribution in [2.24, 2.45) is 40.4 Å². The first-order chi connectivity index (χ1) is 14.5. The first-order valence-electron chi connectivity index (χ1n) is 13.2. The molecule has 0 bridgehead atoms. The molecule has 31 heavy (non-hydrogen) atoms. The molecule has 0 spiro atoms. The molecular weight excluding hydrogens is 387 g/mol. The van der Waals surface area contributed by atoms with Gasteiger partial charge in [-0.1, -0.05) is 34.6 Å². The summed E-state index contributed by atoms with van der Waals surface area (Å²) in [5.74, 6) is 2.88. The topological polar surface area (TPSA) is 37.3 Å². The van der Waals surface area contributed by atoms with Crippen LogP contribution < -0.4 is 0 Å². The molecule has 0 amide bonds. The molecule has 0 radical (unpaired) electrons. The summed E-state index contributed by atoms with van der Waals surface area (Å²) in [5.41, 5.74) is 0.956. The molecule has 0 aliphatic heterocycles. The maximum atomic E-state index is 15.3. The maximum absolute atomic E-state index is 15.3. The van der Waals surface area contributed by atoms with Crippen LogP contribution in [-0.4, -0.2) is 16.5 Å². The van der Waals surface area contributed by atoms with Crippen molar-refractivity contribution in [1.82, 2.24) is 0 Å². The summed E-state index contributed by atoms with van der Waals surface area (Å²) < 4.78 is 15.3. The van der Waals surface area contributed by atoms with Gasteiger partial charge in [-0.3, -0.25) is 4.79 Å². The second-order valence-electron chi connectivity index (χ2n) is 12.4. The Labute approximate surface area is 189 Å². The van der Waals surface area contributed by atoms with Crippen molar-refractivity contribution in [3.05, 3.63) is 11.4 Å². The Morgan fingerprint density at radius 3 is 2.48 bits per heavy atom. The fraction of sp³-hybridized carbons (Fsp3) is 0.893. The number of hydrogen-bond acceptors (Lipinski definition) is 2. The van der Waals surface area contributed by atoms with E-state index in [1.54, 1.807) is 0 Å². The van der Waals surface area contributed by atoms with Gasteiger partial charge < -0.3 is 5.11 Å². The Bertz CT molecular complexity index is 741. The van der Waals surface area contributed by atoms with Crippen LogP contribution in [0.1, 0.15) is 112 Å². The predicted molar refractivity (Wildman–Crippen MR) is 124 cm³/mol. The van der Waals surface area contributed by atoms with Gasteiger partial charge in [0.2, 0.25) is 0 Å². The summed E-state index contributed by atoms with van der Waals surface area (Å²) in [6.45, 7) is 10.8. The average molecular weight is 433 g/mol. The van der Waals surface area contributed by atoms with Crippen molar-refractivity contribution in [3.8, 4) is 0 Å². The molecule has 0 saturated heterocycles. The quantitative estimate of drug-likeness (QED) is 0.491. The van der Waals surface area contributed by atoms with Gasteiger partial charge in [0.25, 0.3) is 0 Å². The molecule has 0 aromatic rings. The molecular formula is C28H45FO2. The van der Waals surface area contributed by atoms with Crippen LogP contribution in [0.5, 0.6) is 0 Å². The van der Waals surface area contributed by atoms with Crippen LogP contribution in [0, 0.1) is 40.4 Å². The number of rotatable bonds is 5. The number of fused-ring (bicyclic) bond motifs is 5. The van der Waals surface area contributed by atoms with Crippen molar-refractivity contribution < 1.29 is 14.3 Å². The zero-order valence-corrected chi connectivity index (χ0v) is 20.6. The fourth-order valence-corrected chi connectivity index (χ4v) is 8.57. The second-order valence-corrected chi connectivity index (χ2v) is 12.4. The molecule has 0 aromatic heterocycles. The number of hydrogen-bond donors (Lipinski definition) is 1. The summed E-state index contributed by atoms with van der Waals surface area (Å²) in [7, 11) is 0. The van der Waals surface area contributed by atoms with Crippen LogP contribution in [0.4, 0.5) is 4.39 Å². The molecule has 0 unspecified atom stereocenters. The van der Waals surface area contributed by atoms with Crippen LogP contribution in [0.3, 0.4) is 0 Å². The van der Waals surface area contributed by atoms with Gasteiger partial charge in [-0.25, -0.2) is 4.39 Å². The maximum Gasteiger partial charge on any atom is 0.135 e. The van der Waals surface area contributed by atoms with Gasteiger partial charge in [-0.05, 0) is 104 Å². The van der Waals surface area contributed by atoms with E-state index in [9.17, 15) is 9.90 Å². The fourth-order valence-electron chi connectivity index (χ4n) is 8.57. The summed E-state index contributed by atoms with van der Waals surface area (Å²) in [6, 6.07) is 0. The molecule has 4 rings (SSSR count). The number of aliphatic hydroxyl groups is 1. The lowest BCUT2D eigenvalue weighted by molar-refractivity contribution is -0.145. The molecule has 7 atom stereocenters. The van der Waals surface area contributed by atoms with E-state index in [-0.39, 0.29) is 22.9 Å². The molecule has 1 N–H and O–H groups in total. The van der Waals surface area contributed by atoms with Gasteiger partial charge in [0, 0.05) is 18.8 Å². The van der Waals surface area contributed by atoms with Crippen LogP contribution in [0.15, 0.2) is 11.4 Å². The highest BCUT2D eigenvalue weighted by Gasteiger charge is 2.60. The lowest BCUT2D eigenvalue weighted by Crippen LogP contribution is -2.55. The highest BCUT2D eigenvalue weighted by Crippen LogP contribution is 2.68. The van der Waals surface area contributed by atoms with Crippen molar-refractivity contribution in [2.75, 3.05) is 0 Å². The van der Waals surface area contributed by atoms with Gasteiger partial charge in [-0.15, -0.1) is 0 Å². The van der Waals surface area contributed by atoms with Crippen LogP contribution in [0.2, 0.25) is 0 Å². The zero-order valence-electron chi connectivity index (χ0n) is 20.6. The Kier molecular flexibility index (Phi) is 6.25. The number of Topliss-reactive ketones (excluding diaryl/α,β-unsaturated/α-hetero) is 1. The van der Waals surface area contributed by atoms with Crippen molar-refractivity contribution in [3.63, 3.8) is 0 Å². The minimum atomic E-state index is -0.444. The lowest BCUT2D eigenvalue weighted by Gasteiger charge is -2.61. The molecule has 3 heteroatoms. The Balaban J connectivity index is 1.52. The molecule has 0 aromatic carbocycles. The van der Waals surface area contributed by atoms with E-state index >= 15 is 4.39 Å². The third-order valence-electron chi connectivity index (χ3n) is 10.8. The number of allylic oxidation sites excluding steroid dienone is 2. The minimum absolute atomic E-state index is 0.00283. The van der Waals surface area contributed by atoms with Gasteiger partial charge >= 0.3 is 0 Å². The second kappa shape index (κ2) is 8.26. The highest BCUT2D eigenvalue weighted by atomic mass is 19.1.